The van der Waals surface area contributed by atoms with E-state index in [1.165, 1.54) is 39.2 Å². The number of ketones is 3. The fourth-order valence-electron chi connectivity index (χ4n) is 7.35. The average Bonchev–Trinajstić information content (AvgIpc) is 3.07. The molecule has 2 aromatic carbocycles. The van der Waals surface area contributed by atoms with Crippen LogP contribution in [0.15, 0.2) is 18.2 Å². The van der Waals surface area contributed by atoms with Crippen LogP contribution in [0.2, 0.25) is 0 Å². The van der Waals surface area contributed by atoms with E-state index in [1.54, 1.807) is 20.8 Å². The Bertz CT molecular complexity index is 1750. The van der Waals surface area contributed by atoms with Crippen LogP contribution in [0.4, 0.5) is 0 Å². The zero-order chi connectivity index (χ0) is 38.2. The Labute approximate surface area is 300 Å². The molecule has 0 bridgehead atoms. The van der Waals surface area contributed by atoms with Gasteiger partial charge < -0.3 is 49.4 Å². The van der Waals surface area contributed by atoms with Crippen LogP contribution in [-0.4, -0.2) is 99.8 Å². The molecule has 52 heavy (non-hydrogen) atoms. The van der Waals surface area contributed by atoms with Crippen molar-refractivity contribution in [3.8, 4) is 17.2 Å². The van der Waals surface area contributed by atoms with Gasteiger partial charge in [-0.3, -0.25) is 24.0 Å². The van der Waals surface area contributed by atoms with Gasteiger partial charge in [-0.25, -0.2) is 0 Å². The topological polar surface area (TPSA) is 224 Å². The van der Waals surface area contributed by atoms with Crippen LogP contribution in [0, 0.1) is 5.92 Å². The van der Waals surface area contributed by atoms with Gasteiger partial charge in [-0.1, -0.05) is 26.0 Å². The average molecular weight is 728 g/mol. The summed E-state index contributed by atoms with van der Waals surface area (Å²) >= 11 is 0. The van der Waals surface area contributed by atoms with Gasteiger partial charge >= 0.3 is 11.9 Å². The van der Waals surface area contributed by atoms with Gasteiger partial charge in [0, 0.05) is 68.2 Å². The monoisotopic (exact) mass is 727 g/mol. The summed E-state index contributed by atoms with van der Waals surface area (Å²) in [5.74, 6) is -5.15. The third-order valence-electron chi connectivity index (χ3n) is 9.70. The Morgan fingerprint density at radius 2 is 1.67 bits per heavy atom. The van der Waals surface area contributed by atoms with Gasteiger partial charge in [-0.2, -0.15) is 0 Å². The minimum atomic E-state index is -2.09. The summed E-state index contributed by atoms with van der Waals surface area (Å²) in [6, 6.07) is 3.80. The molecule has 15 heteroatoms. The Hall–Kier alpha value is -4.41. The number of fused-ring (bicyclic) bond motifs is 3. The van der Waals surface area contributed by atoms with Crippen LogP contribution in [0.3, 0.4) is 0 Å². The smallest absolute Gasteiger partial charge is 0.305 e. The van der Waals surface area contributed by atoms with E-state index in [0.717, 1.165) is 0 Å². The van der Waals surface area contributed by atoms with Gasteiger partial charge in [0.2, 0.25) is 12.1 Å². The predicted molar refractivity (Wildman–Crippen MR) is 180 cm³/mol. The molecule has 0 saturated carbocycles. The molecule has 1 saturated heterocycles. The highest BCUT2D eigenvalue weighted by atomic mass is 16.7. The Morgan fingerprint density at radius 3 is 2.29 bits per heavy atom. The fraction of sp³-hybridized carbons (Fsp3) is 0.541. The number of nitrogens with one attached hydrogen (secondary N) is 1. The van der Waals surface area contributed by atoms with Crippen LogP contribution in [0.5, 0.6) is 17.2 Å². The van der Waals surface area contributed by atoms with Gasteiger partial charge in [0.25, 0.3) is 0 Å². The molecule has 15 nitrogen and oxygen atoms in total. The molecule has 1 heterocycles. The molecular formula is C37H45NO14. The first kappa shape index (κ1) is 38.8. The number of carbonyl (C=O) groups excluding carboxylic acids is 5. The standard InChI is InChI=1S/C37H45NO14/c1-16(2)36(46)37(47)14-21-28(35(45)30-29(33(21)43)32(42)20-9-7-10-23(48-6)27(20)34(30)44)24(15-37)52-26-13-22(31(41)17(3)49-26)38-12-8-11-25(50-18(4)39)51-19(5)40/h7,9-10,16-17,22,24-26,31,38,41,43,45,47H,8,11-15H2,1-6H3. The molecule has 2 aromatic rings. The number of phenols is 2. The molecule has 282 valence electrons. The molecule has 0 spiro atoms. The van der Waals surface area contributed by atoms with Crippen molar-refractivity contribution in [1.29, 1.82) is 0 Å². The highest BCUT2D eigenvalue weighted by Crippen LogP contribution is 2.53. The van der Waals surface area contributed by atoms with Crippen LogP contribution >= 0.6 is 0 Å². The second-order valence-corrected chi connectivity index (χ2v) is 13.8. The van der Waals surface area contributed by atoms with Crippen LogP contribution in [-0.2, 0) is 39.8 Å². The molecule has 2 aliphatic carbocycles. The lowest BCUT2D eigenvalue weighted by atomic mass is 9.70. The third kappa shape index (κ3) is 7.41. The molecular weight excluding hydrogens is 682 g/mol. The number of ether oxygens (including phenoxy) is 5. The van der Waals surface area contributed by atoms with Gasteiger partial charge in [0.05, 0.1) is 42.1 Å². The first-order valence-electron chi connectivity index (χ1n) is 17.2. The number of aromatic hydroxyl groups is 2. The predicted octanol–water partition coefficient (Wildman–Crippen LogP) is 2.53. The van der Waals surface area contributed by atoms with Crippen LogP contribution < -0.4 is 10.1 Å². The van der Waals surface area contributed by atoms with E-state index >= 15 is 0 Å². The van der Waals surface area contributed by atoms with Gasteiger partial charge in [0.15, 0.2) is 17.9 Å². The normalized spacial score (nSPS) is 25.3. The number of Topliss-reactive ketones (excluding diaryl/α,β-unsaturated/α-hetero) is 1. The molecule has 5 rings (SSSR count). The van der Waals surface area contributed by atoms with Crippen molar-refractivity contribution in [2.75, 3.05) is 13.7 Å². The molecule has 3 aliphatic rings. The number of phenolic OH excluding ortho intramolecular Hbond substituents is 2. The molecule has 0 aromatic heterocycles. The number of benzene rings is 2. The zero-order valence-electron chi connectivity index (χ0n) is 29.9. The van der Waals surface area contributed by atoms with E-state index < -0.39 is 107 Å². The molecule has 1 fully saturated rings. The van der Waals surface area contributed by atoms with E-state index in [4.69, 9.17) is 23.7 Å². The molecule has 6 atom stereocenters. The number of methoxy groups -OCH3 is 1. The lowest BCUT2D eigenvalue weighted by Gasteiger charge is -2.43. The van der Waals surface area contributed by atoms with Crippen molar-refractivity contribution in [3.63, 3.8) is 0 Å². The second-order valence-electron chi connectivity index (χ2n) is 13.8. The first-order valence-corrected chi connectivity index (χ1v) is 17.2. The van der Waals surface area contributed by atoms with Crippen molar-refractivity contribution < 1.29 is 68.1 Å². The highest BCUT2D eigenvalue weighted by molar-refractivity contribution is 6.31. The lowest BCUT2D eigenvalue weighted by molar-refractivity contribution is -0.250. The number of esters is 2. The summed E-state index contributed by atoms with van der Waals surface area (Å²) in [5, 5.41) is 49.5. The minimum absolute atomic E-state index is 0.0430. The lowest BCUT2D eigenvalue weighted by Crippen LogP contribution is -2.55. The summed E-state index contributed by atoms with van der Waals surface area (Å²) in [6.07, 6.45) is -5.49. The number of hydrogen-bond acceptors (Lipinski definition) is 15. The maximum absolute atomic E-state index is 14.0. The van der Waals surface area contributed by atoms with Crippen molar-refractivity contribution in [2.45, 2.75) is 109 Å². The molecule has 5 N–H and O–H groups in total. The maximum Gasteiger partial charge on any atom is 0.305 e. The summed E-state index contributed by atoms with van der Waals surface area (Å²) in [6.45, 7) is 7.52. The number of rotatable bonds is 12. The largest absolute Gasteiger partial charge is 0.507 e. The van der Waals surface area contributed by atoms with E-state index in [1.807, 2.05) is 0 Å². The zero-order valence-corrected chi connectivity index (χ0v) is 29.9. The van der Waals surface area contributed by atoms with Crippen LogP contribution in [0.1, 0.15) is 109 Å². The minimum Gasteiger partial charge on any atom is -0.507 e. The van der Waals surface area contributed by atoms with Crippen molar-refractivity contribution in [1.82, 2.24) is 5.32 Å². The van der Waals surface area contributed by atoms with Gasteiger partial charge in [-0.05, 0) is 26.0 Å². The SMILES string of the molecule is COc1cccc2c1C(=O)c1c(O)c3c(c(O)c1C2=O)CC(O)(C(=O)C(C)C)CC3OC1CC(NCCCC(OC(C)=O)OC(C)=O)C(O)C(C)O1. The third-order valence-corrected chi connectivity index (χ3v) is 9.70. The summed E-state index contributed by atoms with van der Waals surface area (Å²) in [4.78, 5) is 64.0. The quantitative estimate of drug-likeness (QED) is 0.0782. The van der Waals surface area contributed by atoms with Crippen LogP contribution in [0.25, 0.3) is 0 Å². The summed E-state index contributed by atoms with van der Waals surface area (Å²) < 4.78 is 27.8. The summed E-state index contributed by atoms with van der Waals surface area (Å²) in [7, 11) is 1.33. The molecule has 0 radical (unpaired) electrons. The van der Waals surface area contributed by atoms with Crippen molar-refractivity contribution in [2.24, 2.45) is 5.92 Å². The molecule has 1 aliphatic heterocycles. The molecule has 6 unspecified atom stereocenters. The number of aliphatic hydroxyl groups is 2. The second kappa shape index (κ2) is 15.3. The number of carbonyl (C=O) groups is 5. The maximum atomic E-state index is 14.0. The Balaban J connectivity index is 1.46. The first-order chi connectivity index (χ1) is 24.5. The van der Waals surface area contributed by atoms with E-state index in [0.29, 0.717) is 13.0 Å². The van der Waals surface area contributed by atoms with E-state index in [2.05, 4.69) is 5.32 Å². The Kier molecular flexibility index (Phi) is 11.4. The number of aliphatic hydroxyl groups excluding tert-OH is 1. The highest BCUT2D eigenvalue weighted by Gasteiger charge is 2.51. The Morgan fingerprint density at radius 1 is 1.02 bits per heavy atom. The number of hydrogen-bond donors (Lipinski definition) is 5. The summed E-state index contributed by atoms with van der Waals surface area (Å²) in [5.41, 5.74) is -3.33. The van der Waals surface area contributed by atoms with E-state index in [-0.39, 0.29) is 47.3 Å². The van der Waals surface area contributed by atoms with Gasteiger partial charge in [0.1, 0.15) is 22.8 Å². The fourth-order valence-corrected chi connectivity index (χ4v) is 7.35. The van der Waals surface area contributed by atoms with Crippen molar-refractivity contribution >= 4 is 29.3 Å². The molecule has 0 amide bonds. The van der Waals surface area contributed by atoms with Gasteiger partial charge in [-0.15, -0.1) is 0 Å². The van der Waals surface area contributed by atoms with E-state index in [9.17, 15) is 44.4 Å². The van der Waals surface area contributed by atoms with Crippen molar-refractivity contribution in [3.05, 3.63) is 51.6 Å².